The van der Waals surface area contributed by atoms with Crippen molar-refractivity contribution in [3.8, 4) is 16.9 Å². The fourth-order valence-electron chi connectivity index (χ4n) is 3.91. The molecule has 0 spiro atoms. The summed E-state index contributed by atoms with van der Waals surface area (Å²) in [6, 6.07) is 19.8. The molecule has 0 aliphatic carbocycles. The van der Waals surface area contributed by atoms with Gasteiger partial charge < -0.3 is 14.5 Å². The van der Waals surface area contributed by atoms with Gasteiger partial charge in [0.2, 0.25) is 0 Å². The second kappa shape index (κ2) is 8.94. The number of methoxy groups -OCH3 is 1. The Morgan fingerprint density at radius 3 is 2.22 bits per heavy atom. The number of amides is 1. The summed E-state index contributed by atoms with van der Waals surface area (Å²) in [5, 5.41) is 0. The second-order valence-corrected chi connectivity index (χ2v) is 7.60. The summed E-state index contributed by atoms with van der Waals surface area (Å²) in [5.41, 5.74) is 2.03. The summed E-state index contributed by atoms with van der Waals surface area (Å²) in [7, 11) is 1.63. The molecule has 1 saturated heterocycles. The van der Waals surface area contributed by atoms with Crippen molar-refractivity contribution in [1.82, 2.24) is 4.90 Å². The largest absolute Gasteiger partial charge is 0.497 e. The number of carbonyl (C=O) groups excluding carboxylic acids is 1. The number of carbonyl (C=O) groups is 1. The number of hydrogen-bond acceptors (Lipinski definition) is 3. The van der Waals surface area contributed by atoms with E-state index in [-0.39, 0.29) is 5.91 Å². The Bertz CT molecular complexity index is 1090. The number of halogens is 3. The van der Waals surface area contributed by atoms with Gasteiger partial charge in [0.25, 0.3) is 5.91 Å². The van der Waals surface area contributed by atoms with E-state index in [1.54, 1.807) is 36.3 Å². The van der Waals surface area contributed by atoms with Crippen LogP contribution in [0.4, 0.5) is 18.9 Å². The molecule has 32 heavy (non-hydrogen) atoms. The fourth-order valence-corrected chi connectivity index (χ4v) is 3.91. The topological polar surface area (TPSA) is 32.8 Å². The summed E-state index contributed by atoms with van der Waals surface area (Å²) in [4.78, 5) is 17.3. The van der Waals surface area contributed by atoms with Gasteiger partial charge in [0.15, 0.2) is 0 Å². The van der Waals surface area contributed by atoms with Crippen LogP contribution in [0, 0.1) is 0 Å². The van der Waals surface area contributed by atoms with Gasteiger partial charge in [0.05, 0.1) is 12.7 Å². The minimum atomic E-state index is -4.39. The van der Waals surface area contributed by atoms with E-state index >= 15 is 0 Å². The zero-order chi connectivity index (χ0) is 22.7. The zero-order valence-electron chi connectivity index (χ0n) is 17.6. The molecule has 0 aromatic heterocycles. The van der Waals surface area contributed by atoms with Gasteiger partial charge in [0.1, 0.15) is 5.75 Å². The SMILES string of the molecule is COc1cccc(N2CCN(C(=O)c3ccccc3-c3ccc(C(F)(F)F)cc3)CC2)c1. The van der Waals surface area contributed by atoms with E-state index in [4.69, 9.17) is 4.74 Å². The standard InChI is InChI=1S/C25H23F3N2O2/c1-32-21-6-4-5-20(17-21)29-13-15-30(16-14-29)24(31)23-8-3-2-7-22(23)18-9-11-19(12-10-18)25(26,27)28/h2-12,17H,13-16H2,1H3. The first-order valence-corrected chi connectivity index (χ1v) is 10.3. The van der Waals surface area contributed by atoms with Crippen LogP contribution in [0.3, 0.4) is 0 Å². The normalized spacial score (nSPS) is 14.4. The molecule has 7 heteroatoms. The summed E-state index contributed by atoms with van der Waals surface area (Å²) in [5.74, 6) is 0.664. The van der Waals surface area contributed by atoms with Crippen molar-refractivity contribution in [1.29, 1.82) is 0 Å². The van der Waals surface area contributed by atoms with Crippen molar-refractivity contribution in [2.24, 2.45) is 0 Å². The Kier molecular flexibility index (Phi) is 6.08. The highest BCUT2D eigenvalue weighted by Crippen LogP contribution is 2.32. The highest BCUT2D eigenvalue weighted by molar-refractivity contribution is 6.01. The summed E-state index contributed by atoms with van der Waals surface area (Å²) in [6.45, 7) is 2.47. The lowest BCUT2D eigenvalue weighted by molar-refractivity contribution is -0.137. The lowest BCUT2D eigenvalue weighted by atomic mass is 9.97. The Balaban J connectivity index is 1.50. The minimum absolute atomic E-state index is 0.120. The van der Waals surface area contributed by atoms with Gasteiger partial charge >= 0.3 is 6.18 Å². The molecule has 3 aromatic carbocycles. The predicted octanol–water partition coefficient (Wildman–Crippen LogP) is 5.34. The Morgan fingerprint density at radius 1 is 0.875 bits per heavy atom. The third-order valence-electron chi connectivity index (χ3n) is 5.67. The Labute approximate surface area is 184 Å². The van der Waals surface area contributed by atoms with E-state index < -0.39 is 11.7 Å². The molecule has 1 aliphatic heterocycles. The first kappa shape index (κ1) is 21.7. The van der Waals surface area contributed by atoms with Crippen LogP contribution in [-0.4, -0.2) is 44.1 Å². The third kappa shape index (κ3) is 4.56. The van der Waals surface area contributed by atoms with E-state index in [2.05, 4.69) is 4.90 Å². The first-order chi connectivity index (χ1) is 15.4. The molecule has 0 saturated carbocycles. The van der Waals surface area contributed by atoms with Crippen LogP contribution in [0.25, 0.3) is 11.1 Å². The lowest BCUT2D eigenvalue weighted by Crippen LogP contribution is -2.48. The molecular weight excluding hydrogens is 417 g/mol. The lowest BCUT2D eigenvalue weighted by Gasteiger charge is -2.36. The summed E-state index contributed by atoms with van der Waals surface area (Å²) in [6.07, 6.45) is -4.39. The maximum absolute atomic E-state index is 13.3. The summed E-state index contributed by atoms with van der Waals surface area (Å²) < 4.78 is 44.0. The Morgan fingerprint density at radius 2 is 1.56 bits per heavy atom. The molecule has 4 nitrogen and oxygen atoms in total. The van der Waals surface area contributed by atoms with E-state index in [0.717, 1.165) is 23.6 Å². The molecule has 1 amide bonds. The molecule has 1 heterocycles. The van der Waals surface area contributed by atoms with Crippen molar-refractivity contribution in [2.45, 2.75) is 6.18 Å². The molecule has 1 aliphatic rings. The van der Waals surface area contributed by atoms with Gasteiger partial charge in [-0.1, -0.05) is 36.4 Å². The van der Waals surface area contributed by atoms with E-state index in [0.29, 0.717) is 42.9 Å². The molecule has 166 valence electrons. The van der Waals surface area contributed by atoms with Crippen molar-refractivity contribution >= 4 is 11.6 Å². The quantitative estimate of drug-likeness (QED) is 0.549. The van der Waals surface area contributed by atoms with Gasteiger partial charge in [0, 0.05) is 43.5 Å². The maximum atomic E-state index is 13.3. The van der Waals surface area contributed by atoms with Crippen LogP contribution < -0.4 is 9.64 Å². The molecule has 0 bridgehead atoms. The predicted molar refractivity (Wildman–Crippen MR) is 118 cm³/mol. The molecule has 0 N–H and O–H groups in total. The second-order valence-electron chi connectivity index (χ2n) is 7.60. The maximum Gasteiger partial charge on any atom is 0.416 e. The molecule has 4 rings (SSSR count). The van der Waals surface area contributed by atoms with Crippen LogP contribution in [0.1, 0.15) is 15.9 Å². The van der Waals surface area contributed by atoms with Crippen molar-refractivity contribution in [3.05, 3.63) is 83.9 Å². The van der Waals surface area contributed by atoms with Crippen molar-refractivity contribution in [2.75, 3.05) is 38.2 Å². The van der Waals surface area contributed by atoms with Crippen LogP contribution in [0.2, 0.25) is 0 Å². The average molecular weight is 440 g/mol. The van der Waals surface area contributed by atoms with Crippen molar-refractivity contribution < 1.29 is 22.7 Å². The summed E-state index contributed by atoms with van der Waals surface area (Å²) >= 11 is 0. The number of alkyl halides is 3. The number of benzene rings is 3. The highest BCUT2D eigenvalue weighted by Gasteiger charge is 2.30. The smallest absolute Gasteiger partial charge is 0.416 e. The van der Waals surface area contributed by atoms with Crippen molar-refractivity contribution in [3.63, 3.8) is 0 Å². The molecular formula is C25H23F3N2O2. The molecule has 1 fully saturated rings. The Hall–Kier alpha value is -3.48. The first-order valence-electron chi connectivity index (χ1n) is 10.3. The molecule has 0 radical (unpaired) electrons. The van der Waals surface area contributed by atoms with Gasteiger partial charge in [-0.15, -0.1) is 0 Å². The van der Waals surface area contributed by atoms with Gasteiger partial charge in [-0.3, -0.25) is 4.79 Å². The van der Waals surface area contributed by atoms with Crippen LogP contribution >= 0.6 is 0 Å². The highest BCUT2D eigenvalue weighted by atomic mass is 19.4. The van der Waals surface area contributed by atoms with Crippen LogP contribution in [0.15, 0.2) is 72.8 Å². The van der Waals surface area contributed by atoms with Crippen LogP contribution in [-0.2, 0) is 6.18 Å². The third-order valence-corrected chi connectivity index (χ3v) is 5.67. The average Bonchev–Trinajstić information content (AvgIpc) is 2.83. The zero-order valence-corrected chi connectivity index (χ0v) is 17.6. The van der Waals surface area contributed by atoms with Crippen LogP contribution in [0.5, 0.6) is 5.75 Å². The molecule has 3 aromatic rings. The molecule has 0 atom stereocenters. The monoisotopic (exact) mass is 440 g/mol. The number of ether oxygens (including phenoxy) is 1. The number of piperazine rings is 1. The van der Waals surface area contributed by atoms with Gasteiger partial charge in [-0.2, -0.15) is 13.2 Å². The fraction of sp³-hybridized carbons (Fsp3) is 0.240. The van der Waals surface area contributed by atoms with E-state index in [1.807, 2.05) is 24.3 Å². The van der Waals surface area contributed by atoms with Gasteiger partial charge in [-0.25, -0.2) is 0 Å². The van der Waals surface area contributed by atoms with E-state index in [9.17, 15) is 18.0 Å². The number of hydrogen-bond donors (Lipinski definition) is 0. The minimum Gasteiger partial charge on any atom is -0.497 e. The van der Waals surface area contributed by atoms with Gasteiger partial charge in [-0.05, 0) is 41.5 Å². The van der Waals surface area contributed by atoms with E-state index in [1.165, 1.54) is 12.1 Å². The number of nitrogens with zero attached hydrogens (tertiary/aromatic N) is 2. The molecule has 0 unspecified atom stereocenters. The number of rotatable bonds is 4. The number of anilines is 1.